The minimum atomic E-state index is -1.17. The van der Waals surface area contributed by atoms with Crippen LogP contribution in [0.15, 0.2) is 0 Å². The van der Waals surface area contributed by atoms with E-state index in [-0.39, 0.29) is 0 Å². The number of ether oxygens (including phenoxy) is 1. The van der Waals surface area contributed by atoms with Crippen molar-refractivity contribution in [2.45, 2.75) is 26.4 Å². The highest BCUT2D eigenvalue weighted by Crippen LogP contribution is 2.06. The lowest BCUT2D eigenvalue weighted by molar-refractivity contribution is -0.291. The Bertz CT molecular complexity index is 204. The number of hydrogen-bond acceptors (Lipinski definition) is 5. The summed E-state index contributed by atoms with van der Waals surface area (Å²) >= 11 is 0. The van der Waals surface area contributed by atoms with E-state index in [0.29, 0.717) is 0 Å². The Morgan fingerprint density at radius 3 is 2.07 bits per heavy atom. The van der Waals surface area contributed by atoms with Crippen LogP contribution in [0.3, 0.4) is 0 Å². The average Bonchev–Trinajstić information content (AvgIpc) is 1.94. The highest BCUT2D eigenvalue weighted by molar-refractivity contribution is 5.71. The quantitative estimate of drug-likeness (QED) is 0.303. The van der Waals surface area contributed by atoms with Crippen molar-refractivity contribution in [3.8, 4) is 0 Å². The van der Waals surface area contributed by atoms with E-state index >= 15 is 0 Å². The number of esters is 1. The van der Waals surface area contributed by atoms with Gasteiger partial charge in [0.25, 0.3) is 0 Å². The lowest BCUT2D eigenvalue weighted by Crippen LogP contribution is -2.26. The Morgan fingerprint density at radius 2 is 1.64 bits per heavy atom. The van der Waals surface area contributed by atoms with Crippen molar-refractivity contribution in [3.63, 3.8) is 0 Å². The Labute approximate surface area is 81.7 Å². The van der Waals surface area contributed by atoms with E-state index in [1.807, 2.05) is 0 Å². The van der Waals surface area contributed by atoms with Crippen LogP contribution in [-0.4, -0.2) is 35.9 Å². The molecule has 0 aromatic rings. The molecule has 0 unspecified atom stereocenters. The van der Waals surface area contributed by atoms with Crippen molar-refractivity contribution in [2.24, 2.45) is 0 Å². The maximum absolute atomic E-state index is 10.9. The molecule has 14 heavy (non-hydrogen) atoms. The molecule has 0 aromatic heterocycles. The summed E-state index contributed by atoms with van der Waals surface area (Å²) in [5.74, 6) is -1.78. The van der Waals surface area contributed by atoms with Crippen LogP contribution in [0.25, 0.3) is 0 Å². The fourth-order valence-electron chi connectivity index (χ4n) is 0.553. The lowest BCUT2D eigenvalue weighted by atomic mass is 10.2. The van der Waals surface area contributed by atoms with Gasteiger partial charge in [0.2, 0.25) is 0 Å². The first-order valence-electron chi connectivity index (χ1n) is 3.99. The number of carboxylic acid groups (broad SMARTS) is 1. The predicted molar refractivity (Wildman–Crippen MR) is 45.4 cm³/mol. The van der Waals surface area contributed by atoms with Crippen LogP contribution in [0.2, 0.25) is 0 Å². The van der Waals surface area contributed by atoms with E-state index in [9.17, 15) is 9.59 Å². The predicted octanol–water partition coefficient (Wildman–Crippen LogP) is 0.361. The van der Waals surface area contributed by atoms with E-state index in [2.05, 4.69) is 9.78 Å². The first kappa shape index (κ1) is 12.9. The SMILES string of the molecule is CC(C)(C)OC(=O)COOCC(=O)O. The number of rotatable bonds is 5. The molecule has 0 heterocycles. The fraction of sp³-hybridized carbons (Fsp3) is 0.750. The van der Waals surface area contributed by atoms with Gasteiger partial charge in [-0.2, -0.15) is 0 Å². The molecule has 82 valence electrons. The van der Waals surface area contributed by atoms with Crippen LogP contribution < -0.4 is 0 Å². The molecule has 0 aliphatic heterocycles. The molecule has 0 aliphatic carbocycles. The van der Waals surface area contributed by atoms with E-state index < -0.39 is 30.8 Å². The second kappa shape index (κ2) is 5.56. The second-order valence-corrected chi connectivity index (χ2v) is 3.50. The van der Waals surface area contributed by atoms with Crippen molar-refractivity contribution in [1.29, 1.82) is 0 Å². The molecular formula is C8H14O6. The van der Waals surface area contributed by atoms with E-state index in [4.69, 9.17) is 9.84 Å². The summed E-state index contributed by atoms with van der Waals surface area (Å²) in [7, 11) is 0. The number of hydrogen-bond donors (Lipinski definition) is 1. The highest BCUT2D eigenvalue weighted by Gasteiger charge is 2.16. The van der Waals surface area contributed by atoms with Gasteiger partial charge in [0.05, 0.1) is 0 Å². The smallest absolute Gasteiger partial charge is 0.335 e. The summed E-state index contributed by atoms with van der Waals surface area (Å²) in [6, 6.07) is 0. The summed E-state index contributed by atoms with van der Waals surface area (Å²) in [4.78, 5) is 29.4. The monoisotopic (exact) mass is 206 g/mol. The Hall–Kier alpha value is -1.14. The summed E-state index contributed by atoms with van der Waals surface area (Å²) in [6.45, 7) is 4.10. The number of aliphatic carboxylic acids is 1. The van der Waals surface area contributed by atoms with Gasteiger partial charge in [0, 0.05) is 0 Å². The van der Waals surface area contributed by atoms with Crippen LogP contribution in [0.1, 0.15) is 20.8 Å². The van der Waals surface area contributed by atoms with Crippen molar-refractivity contribution in [3.05, 3.63) is 0 Å². The van der Waals surface area contributed by atoms with Gasteiger partial charge in [-0.3, -0.25) is 0 Å². The fourth-order valence-corrected chi connectivity index (χ4v) is 0.553. The largest absolute Gasteiger partial charge is 0.479 e. The summed E-state index contributed by atoms with van der Waals surface area (Å²) in [5.41, 5.74) is -0.590. The first-order chi connectivity index (χ1) is 6.31. The molecule has 0 bridgehead atoms. The standard InChI is InChI=1S/C8H14O6/c1-8(2,3)14-7(11)5-13-12-4-6(9)10/h4-5H2,1-3H3,(H,9,10). The topological polar surface area (TPSA) is 82.1 Å². The maximum atomic E-state index is 10.9. The highest BCUT2D eigenvalue weighted by atomic mass is 17.2. The maximum Gasteiger partial charge on any atom is 0.335 e. The van der Waals surface area contributed by atoms with Gasteiger partial charge in [-0.25, -0.2) is 19.4 Å². The van der Waals surface area contributed by atoms with Gasteiger partial charge >= 0.3 is 11.9 Å². The number of carboxylic acids is 1. The second-order valence-electron chi connectivity index (χ2n) is 3.50. The Morgan fingerprint density at radius 1 is 1.14 bits per heavy atom. The molecule has 0 rings (SSSR count). The molecule has 1 N–H and O–H groups in total. The van der Waals surface area contributed by atoms with Gasteiger partial charge in [0.15, 0.2) is 13.2 Å². The molecule has 0 aromatic carbocycles. The zero-order valence-corrected chi connectivity index (χ0v) is 8.40. The van der Waals surface area contributed by atoms with Crippen LogP contribution >= 0.6 is 0 Å². The van der Waals surface area contributed by atoms with E-state index in [1.54, 1.807) is 20.8 Å². The summed E-state index contributed by atoms with van der Waals surface area (Å²) < 4.78 is 4.85. The van der Waals surface area contributed by atoms with Gasteiger partial charge in [-0.05, 0) is 20.8 Å². The number of carbonyl (C=O) groups excluding carboxylic acids is 1. The molecule has 0 fully saturated rings. The molecule has 6 nitrogen and oxygen atoms in total. The number of carbonyl (C=O) groups is 2. The molecule has 0 atom stereocenters. The molecule has 0 saturated heterocycles. The minimum absolute atomic E-state index is 0.426. The van der Waals surface area contributed by atoms with Gasteiger partial charge < -0.3 is 9.84 Å². The third-order valence-corrected chi connectivity index (χ3v) is 0.863. The lowest BCUT2D eigenvalue weighted by Gasteiger charge is -2.18. The molecular weight excluding hydrogens is 192 g/mol. The molecule has 0 saturated carbocycles. The van der Waals surface area contributed by atoms with E-state index in [0.717, 1.165) is 0 Å². The molecule has 6 heteroatoms. The van der Waals surface area contributed by atoms with Crippen molar-refractivity contribution >= 4 is 11.9 Å². The van der Waals surface area contributed by atoms with Gasteiger partial charge in [-0.1, -0.05) is 0 Å². The molecule has 0 aliphatic rings. The van der Waals surface area contributed by atoms with Gasteiger partial charge in [-0.15, -0.1) is 0 Å². The zero-order valence-electron chi connectivity index (χ0n) is 8.40. The zero-order chi connectivity index (χ0) is 11.2. The molecule has 0 spiro atoms. The van der Waals surface area contributed by atoms with Crippen molar-refractivity contribution in [2.75, 3.05) is 13.2 Å². The first-order valence-corrected chi connectivity index (χ1v) is 3.99. The summed E-state index contributed by atoms with van der Waals surface area (Å²) in [5, 5.41) is 8.14. The third kappa shape index (κ3) is 8.95. The Kier molecular flexibility index (Phi) is 5.11. The van der Waals surface area contributed by atoms with Crippen LogP contribution in [0.5, 0.6) is 0 Å². The van der Waals surface area contributed by atoms with Crippen LogP contribution in [0.4, 0.5) is 0 Å². The van der Waals surface area contributed by atoms with E-state index in [1.165, 1.54) is 0 Å². The van der Waals surface area contributed by atoms with Crippen molar-refractivity contribution < 1.29 is 29.2 Å². The van der Waals surface area contributed by atoms with Crippen molar-refractivity contribution in [1.82, 2.24) is 0 Å². The molecule has 0 amide bonds. The molecule has 0 radical (unpaired) electrons. The average molecular weight is 206 g/mol. The normalized spacial score (nSPS) is 11.1. The minimum Gasteiger partial charge on any atom is -0.479 e. The summed E-state index contributed by atoms with van der Waals surface area (Å²) in [6.07, 6.45) is 0. The van der Waals surface area contributed by atoms with Crippen LogP contribution in [0, 0.1) is 0 Å². The van der Waals surface area contributed by atoms with Crippen LogP contribution in [-0.2, 0) is 24.1 Å². The third-order valence-electron chi connectivity index (χ3n) is 0.863. The van der Waals surface area contributed by atoms with Gasteiger partial charge in [0.1, 0.15) is 5.60 Å². The Balaban J connectivity index is 3.50.